The molecule has 17 heavy (non-hydrogen) atoms. The van der Waals surface area contributed by atoms with Crippen LogP contribution in [0.1, 0.15) is 52.4 Å². The van der Waals surface area contributed by atoms with Crippen LogP contribution in [-0.2, 0) is 4.79 Å². The minimum Gasteiger partial charge on any atom is -0.356 e. The third kappa shape index (κ3) is 6.06. The lowest BCUT2D eigenvalue weighted by molar-refractivity contribution is -0.122. The van der Waals surface area contributed by atoms with Gasteiger partial charge in [-0.25, -0.2) is 0 Å². The van der Waals surface area contributed by atoms with Crippen LogP contribution in [0.15, 0.2) is 0 Å². The van der Waals surface area contributed by atoms with Crippen molar-refractivity contribution >= 4 is 5.91 Å². The first-order chi connectivity index (χ1) is 8.11. The van der Waals surface area contributed by atoms with Gasteiger partial charge in [0.15, 0.2) is 0 Å². The third-order valence-corrected chi connectivity index (χ3v) is 3.71. The highest BCUT2D eigenvalue weighted by molar-refractivity contribution is 5.76. The second kappa shape index (κ2) is 7.70. The summed E-state index contributed by atoms with van der Waals surface area (Å²) in [5, 5.41) is 3.03. The Balaban J connectivity index is 2.08. The highest BCUT2D eigenvalue weighted by Crippen LogP contribution is 2.28. The largest absolute Gasteiger partial charge is 0.356 e. The normalized spacial score (nSPS) is 17.9. The molecule has 0 aromatic rings. The summed E-state index contributed by atoms with van der Waals surface area (Å²) in [6.07, 6.45) is 6.89. The molecule has 3 N–H and O–H groups in total. The maximum atomic E-state index is 11.7. The fourth-order valence-electron chi connectivity index (χ4n) is 2.46. The fourth-order valence-corrected chi connectivity index (χ4v) is 2.46. The Bertz CT molecular complexity index is 224. The monoisotopic (exact) mass is 240 g/mol. The summed E-state index contributed by atoms with van der Waals surface area (Å²) >= 11 is 0. The predicted octanol–water partition coefficient (Wildman–Crippen LogP) is 2.30. The molecule has 0 heterocycles. The highest BCUT2D eigenvalue weighted by Gasteiger charge is 2.18. The summed E-state index contributed by atoms with van der Waals surface area (Å²) in [6, 6.07) is 0. The van der Waals surface area contributed by atoms with Crippen LogP contribution < -0.4 is 11.1 Å². The zero-order chi connectivity index (χ0) is 12.7. The Hall–Kier alpha value is -0.570. The number of carbonyl (C=O) groups excluding carboxylic acids is 1. The lowest BCUT2D eigenvalue weighted by atomic mass is 9.83. The van der Waals surface area contributed by atoms with Gasteiger partial charge in [0.05, 0.1) is 0 Å². The van der Waals surface area contributed by atoms with Crippen molar-refractivity contribution < 1.29 is 4.79 Å². The van der Waals surface area contributed by atoms with Crippen LogP contribution in [0.3, 0.4) is 0 Å². The lowest BCUT2D eigenvalue weighted by Crippen LogP contribution is -2.31. The summed E-state index contributed by atoms with van der Waals surface area (Å²) in [5.41, 5.74) is 5.70. The van der Waals surface area contributed by atoms with E-state index in [2.05, 4.69) is 19.2 Å². The Kier molecular flexibility index (Phi) is 6.56. The van der Waals surface area contributed by atoms with E-state index in [-0.39, 0.29) is 5.91 Å². The molecule has 0 aliphatic heterocycles. The molecule has 0 bridgehead atoms. The molecule has 1 atom stereocenters. The van der Waals surface area contributed by atoms with Gasteiger partial charge in [0.1, 0.15) is 0 Å². The number of carbonyl (C=O) groups is 1. The SMILES string of the molecule is CC(C)CC(CN)CC(=O)NCCC1CCC1. The van der Waals surface area contributed by atoms with Gasteiger partial charge in [0.25, 0.3) is 0 Å². The van der Waals surface area contributed by atoms with Crippen LogP contribution in [0.25, 0.3) is 0 Å². The molecule has 0 radical (unpaired) electrons. The van der Waals surface area contributed by atoms with Crippen LogP contribution in [0.5, 0.6) is 0 Å². The van der Waals surface area contributed by atoms with E-state index < -0.39 is 0 Å². The lowest BCUT2D eigenvalue weighted by Gasteiger charge is -2.25. The Morgan fingerprint density at radius 3 is 2.59 bits per heavy atom. The van der Waals surface area contributed by atoms with E-state index in [0.717, 1.165) is 25.3 Å². The molecule has 1 aliphatic carbocycles. The molecule has 3 heteroatoms. The topological polar surface area (TPSA) is 55.1 Å². The molecule has 1 aliphatic rings. The summed E-state index contributed by atoms with van der Waals surface area (Å²) in [5.74, 6) is 2.02. The second-order valence-corrected chi connectivity index (χ2v) is 5.87. The van der Waals surface area contributed by atoms with Crippen molar-refractivity contribution in [2.75, 3.05) is 13.1 Å². The third-order valence-electron chi connectivity index (χ3n) is 3.71. The van der Waals surface area contributed by atoms with Gasteiger partial charge in [-0.05, 0) is 37.1 Å². The van der Waals surface area contributed by atoms with Crippen LogP contribution in [0, 0.1) is 17.8 Å². The highest BCUT2D eigenvalue weighted by atomic mass is 16.1. The van der Waals surface area contributed by atoms with Gasteiger partial charge in [-0.1, -0.05) is 33.1 Å². The van der Waals surface area contributed by atoms with Gasteiger partial charge in [0, 0.05) is 13.0 Å². The van der Waals surface area contributed by atoms with Gasteiger partial charge in [-0.15, -0.1) is 0 Å². The number of hydrogen-bond donors (Lipinski definition) is 2. The van der Waals surface area contributed by atoms with Crippen molar-refractivity contribution in [1.82, 2.24) is 5.32 Å². The van der Waals surface area contributed by atoms with Crippen molar-refractivity contribution in [2.24, 2.45) is 23.5 Å². The molecular weight excluding hydrogens is 212 g/mol. The van der Waals surface area contributed by atoms with E-state index in [1.165, 1.54) is 19.3 Å². The molecule has 0 aromatic heterocycles. The predicted molar refractivity (Wildman–Crippen MR) is 71.6 cm³/mol. The maximum absolute atomic E-state index is 11.7. The Labute approximate surface area is 106 Å². The summed E-state index contributed by atoms with van der Waals surface area (Å²) < 4.78 is 0. The van der Waals surface area contributed by atoms with Gasteiger partial charge in [-0.3, -0.25) is 4.79 Å². The standard InChI is InChI=1S/C14H28N2O/c1-11(2)8-13(10-15)9-14(17)16-7-6-12-4-3-5-12/h11-13H,3-10,15H2,1-2H3,(H,16,17). The maximum Gasteiger partial charge on any atom is 0.220 e. The molecule has 0 spiro atoms. The molecular formula is C14H28N2O. The fraction of sp³-hybridized carbons (Fsp3) is 0.929. The van der Waals surface area contributed by atoms with E-state index in [1.807, 2.05) is 0 Å². The van der Waals surface area contributed by atoms with Crippen molar-refractivity contribution in [2.45, 2.75) is 52.4 Å². The number of nitrogens with one attached hydrogen (secondary N) is 1. The molecule has 1 fully saturated rings. The first kappa shape index (κ1) is 14.5. The van der Waals surface area contributed by atoms with Crippen molar-refractivity contribution in [1.29, 1.82) is 0 Å². The van der Waals surface area contributed by atoms with Crippen molar-refractivity contribution in [3.05, 3.63) is 0 Å². The first-order valence-electron chi connectivity index (χ1n) is 7.08. The second-order valence-electron chi connectivity index (χ2n) is 5.87. The number of amides is 1. The van der Waals surface area contributed by atoms with Gasteiger partial charge < -0.3 is 11.1 Å². The van der Waals surface area contributed by atoms with Crippen LogP contribution in [-0.4, -0.2) is 19.0 Å². The molecule has 1 amide bonds. The van der Waals surface area contributed by atoms with Crippen LogP contribution in [0.2, 0.25) is 0 Å². The Morgan fingerprint density at radius 1 is 1.41 bits per heavy atom. The molecule has 1 saturated carbocycles. The van der Waals surface area contributed by atoms with E-state index >= 15 is 0 Å². The summed E-state index contributed by atoms with van der Waals surface area (Å²) in [6.45, 7) is 5.82. The number of rotatable bonds is 8. The smallest absolute Gasteiger partial charge is 0.220 e. The molecule has 100 valence electrons. The minimum atomic E-state index is 0.181. The van der Waals surface area contributed by atoms with E-state index in [0.29, 0.717) is 24.8 Å². The van der Waals surface area contributed by atoms with Crippen molar-refractivity contribution in [3.8, 4) is 0 Å². The quantitative estimate of drug-likeness (QED) is 0.684. The summed E-state index contributed by atoms with van der Waals surface area (Å²) in [4.78, 5) is 11.7. The van der Waals surface area contributed by atoms with E-state index in [4.69, 9.17) is 5.73 Å². The van der Waals surface area contributed by atoms with Crippen molar-refractivity contribution in [3.63, 3.8) is 0 Å². The minimum absolute atomic E-state index is 0.181. The summed E-state index contributed by atoms with van der Waals surface area (Å²) in [7, 11) is 0. The van der Waals surface area contributed by atoms with Gasteiger partial charge in [0.2, 0.25) is 5.91 Å². The van der Waals surface area contributed by atoms with E-state index in [9.17, 15) is 4.79 Å². The molecule has 1 rings (SSSR count). The van der Waals surface area contributed by atoms with E-state index in [1.54, 1.807) is 0 Å². The molecule has 1 unspecified atom stereocenters. The average Bonchev–Trinajstić information content (AvgIpc) is 2.20. The molecule has 0 saturated heterocycles. The van der Waals surface area contributed by atoms with Crippen LogP contribution in [0.4, 0.5) is 0 Å². The van der Waals surface area contributed by atoms with Gasteiger partial charge >= 0.3 is 0 Å². The molecule has 0 aromatic carbocycles. The average molecular weight is 240 g/mol. The Morgan fingerprint density at radius 2 is 2.12 bits per heavy atom. The zero-order valence-electron chi connectivity index (χ0n) is 11.4. The number of nitrogens with two attached hydrogens (primary N) is 1. The van der Waals surface area contributed by atoms with Crippen LogP contribution >= 0.6 is 0 Å². The molecule has 3 nitrogen and oxygen atoms in total. The van der Waals surface area contributed by atoms with Gasteiger partial charge in [-0.2, -0.15) is 0 Å². The zero-order valence-corrected chi connectivity index (χ0v) is 11.4. The number of hydrogen-bond acceptors (Lipinski definition) is 2. The first-order valence-corrected chi connectivity index (χ1v) is 7.08.